The van der Waals surface area contributed by atoms with Crippen molar-refractivity contribution in [2.24, 2.45) is 10.8 Å². The van der Waals surface area contributed by atoms with Gasteiger partial charge in [0.2, 0.25) is 0 Å². The Bertz CT molecular complexity index is 203. The quantitative estimate of drug-likeness (QED) is 0.726. The van der Waals surface area contributed by atoms with E-state index in [9.17, 15) is 0 Å². The molecule has 1 aliphatic heterocycles. The first-order valence-corrected chi connectivity index (χ1v) is 6.60. The predicted molar refractivity (Wildman–Crippen MR) is 65.0 cm³/mol. The van der Waals surface area contributed by atoms with Gasteiger partial charge in [0.1, 0.15) is 0 Å². The van der Waals surface area contributed by atoms with Gasteiger partial charge in [-0.1, -0.05) is 13.8 Å². The van der Waals surface area contributed by atoms with Crippen LogP contribution in [0.15, 0.2) is 0 Å². The van der Waals surface area contributed by atoms with Gasteiger partial charge in [-0.2, -0.15) is 0 Å². The van der Waals surface area contributed by atoms with Crippen molar-refractivity contribution in [3.63, 3.8) is 0 Å². The molecule has 0 radical (unpaired) electrons. The van der Waals surface area contributed by atoms with Gasteiger partial charge in [-0.25, -0.2) is 0 Å². The number of hydrogen-bond donors (Lipinski definition) is 2. The summed E-state index contributed by atoms with van der Waals surface area (Å²) in [4.78, 5) is 0. The fraction of sp³-hybridized carbons (Fsp3) is 1.00. The van der Waals surface area contributed by atoms with E-state index in [1.807, 2.05) is 0 Å². The maximum atomic E-state index is 3.71. The Morgan fingerprint density at radius 2 is 2.00 bits per heavy atom. The first kappa shape index (κ1) is 11.4. The molecule has 0 aromatic heterocycles. The van der Waals surface area contributed by atoms with E-state index in [1.54, 1.807) is 0 Å². The predicted octanol–water partition coefficient (Wildman–Crippen LogP) is 2.16. The van der Waals surface area contributed by atoms with E-state index < -0.39 is 0 Å². The van der Waals surface area contributed by atoms with Crippen LogP contribution in [0, 0.1) is 10.8 Å². The minimum absolute atomic E-state index is 0.502. The number of nitrogens with one attached hydrogen (secondary N) is 2. The molecular formula is C13H26N2. The minimum Gasteiger partial charge on any atom is -0.316 e. The van der Waals surface area contributed by atoms with Crippen molar-refractivity contribution in [2.75, 3.05) is 26.2 Å². The Morgan fingerprint density at radius 3 is 2.53 bits per heavy atom. The van der Waals surface area contributed by atoms with Crippen LogP contribution in [0.4, 0.5) is 0 Å². The van der Waals surface area contributed by atoms with Gasteiger partial charge in [-0.3, -0.25) is 0 Å². The van der Waals surface area contributed by atoms with E-state index in [1.165, 1.54) is 58.3 Å². The van der Waals surface area contributed by atoms with Crippen LogP contribution >= 0.6 is 0 Å². The average molecular weight is 210 g/mol. The lowest BCUT2D eigenvalue weighted by Gasteiger charge is -2.34. The lowest BCUT2D eigenvalue weighted by molar-refractivity contribution is 0.220. The first-order valence-electron chi connectivity index (χ1n) is 6.60. The Balaban J connectivity index is 1.68. The van der Waals surface area contributed by atoms with Crippen molar-refractivity contribution in [3.05, 3.63) is 0 Å². The van der Waals surface area contributed by atoms with Crippen molar-refractivity contribution < 1.29 is 0 Å². The van der Waals surface area contributed by atoms with Crippen molar-refractivity contribution in [1.82, 2.24) is 10.6 Å². The fourth-order valence-corrected chi connectivity index (χ4v) is 2.73. The Morgan fingerprint density at radius 1 is 1.20 bits per heavy atom. The normalized spacial score (nSPS) is 34.0. The maximum absolute atomic E-state index is 3.71. The summed E-state index contributed by atoms with van der Waals surface area (Å²) >= 11 is 0. The molecule has 2 N–H and O–H groups in total. The van der Waals surface area contributed by atoms with E-state index in [2.05, 4.69) is 24.5 Å². The van der Waals surface area contributed by atoms with E-state index in [0.717, 1.165) is 0 Å². The molecular weight excluding hydrogens is 184 g/mol. The Kier molecular flexibility index (Phi) is 3.36. The summed E-state index contributed by atoms with van der Waals surface area (Å²) in [5, 5.41) is 7.22. The summed E-state index contributed by atoms with van der Waals surface area (Å²) in [6.45, 7) is 9.60. The zero-order chi connectivity index (χ0) is 10.8. The molecule has 2 heteroatoms. The molecule has 0 aromatic carbocycles. The van der Waals surface area contributed by atoms with Crippen LogP contribution in [0.25, 0.3) is 0 Å². The third-order valence-corrected chi connectivity index (χ3v) is 4.44. The van der Waals surface area contributed by atoms with E-state index >= 15 is 0 Å². The highest BCUT2D eigenvalue weighted by molar-refractivity contribution is 4.94. The molecule has 0 spiro atoms. The number of rotatable bonds is 5. The summed E-state index contributed by atoms with van der Waals surface area (Å²) < 4.78 is 0. The molecule has 1 unspecified atom stereocenters. The summed E-state index contributed by atoms with van der Waals surface area (Å²) in [6, 6.07) is 0. The highest BCUT2D eigenvalue weighted by Crippen LogP contribution is 2.47. The molecule has 0 aromatic rings. The molecule has 1 atom stereocenters. The van der Waals surface area contributed by atoms with E-state index in [4.69, 9.17) is 0 Å². The van der Waals surface area contributed by atoms with Crippen LogP contribution in [-0.4, -0.2) is 26.2 Å². The van der Waals surface area contributed by atoms with Crippen LogP contribution in [0.5, 0.6) is 0 Å². The van der Waals surface area contributed by atoms with Crippen molar-refractivity contribution >= 4 is 0 Å². The smallest absolute Gasteiger partial charge is 0.00176 e. The number of hydrogen-bond acceptors (Lipinski definition) is 2. The first-order chi connectivity index (χ1) is 7.18. The summed E-state index contributed by atoms with van der Waals surface area (Å²) in [5.41, 5.74) is 1.19. The number of piperidine rings is 1. The van der Waals surface area contributed by atoms with Gasteiger partial charge in [0, 0.05) is 19.6 Å². The molecule has 1 heterocycles. The summed E-state index contributed by atoms with van der Waals surface area (Å²) in [7, 11) is 0. The molecule has 2 nitrogen and oxygen atoms in total. The average Bonchev–Trinajstić information content (AvgIpc) is 3.00. The highest BCUT2D eigenvalue weighted by Gasteiger charge is 2.40. The molecule has 1 saturated heterocycles. The standard InChI is InChI=1S/C13H26N2/c1-3-13(6-7-13)11-15-10-12(2)5-4-8-14-9-12/h14-15H,3-11H2,1-2H3. The highest BCUT2D eigenvalue weighted by atomic mass is 15.0. The molecule has 1 saturated carbocycles. The fourth-order valence-electron chi connectivity index (χ4n) is 2.73. The lowest BCUT2D eigenvalue weighted by Crippen LogP contribution is -2.45. The second kappa shape index (κ2) is 4.42. The minimum atomic E-state index is 0.502. The summed E-state index contributed by atoms with van der Waals surface area (Å²) in [5.74, 6) is 0. The SMILES string of the molecule is CCC1(CNCC2(C)CCCNC2)CC1. The largest absolute Gasteiger partial charge is 0.316 e. The topological polar surface area (TPSA) is 24.1 Å². The molecule has 0 amide bonds. The monoisotopic (exact) mass is 210 g/mol. The van der Waals surface area contributed by atoms with Crippen molar-refractivity contribution in [1.29, 1.82) is 0 Å². The zero-order valence-electron chi connectivity index (χ0n) is 10.4. The van der Waals surface area contributed by atoms with Crippen LogP contribution in [0.3, 0.4) is 0 Å². The van der Waals surface area contributed by atoms with Crippen molar-refractivity contribution in [2.45, 2.75) is 46.0 Å². The molecule has 0 bridgehead atoms. The Labute approximate surface area is 94.2 Å². The molecule has 2 rings (SSSR count). The lowest BCUT2D eigenvalue weighted by atomic mass is 9.82. The van der Waals surface area contributed by atoms with Crippen LogP contribution in [0.2, 0.25) is 0 Å². The maximum Gasteiger partial charge on any atom is 0.00176 e. The van der Waals surface area contributed by atoms with Gasteiger partial charge in [-0.05, 0) is 49.5 Å². The van der Waals surface area contributed by atoms with Gasteiger partial charge >= 0.3 is 0 Å². The van der Waals surface area contributed by atoms with Crippen LogP contribution < -0.4 is 10.6 Å². The molecule has 88 valence electrons. The third kappa shape index (κ3) is 2.94. The molecule has 2 aliphatic rings. The second-order valence-corrected chi connectivity index (χ2v) is 6.05. The van der Waals surface area contributed by atoms with Gasteiger partial charge in [-0.15, -0.1) is 0 Å². The zero-order valence-corrected chi connectivity index (χ0v) is 10.4. The van der Waals surface area contributed by atoms with E-state index in [-0.39, 0.29) is 0 Å². The van der Waals surface area contributed by atoms with Gasteiger partial charge in [0.05, 0.1) is 0 Å². The second-order valence-electron chi connectivity index (χ2n) is 6.05. The van der Waals surface area contributed by atoms with E-state index in [0.29, 0.717) is 10.8 Å². The summed E-state index contributed by atoms with van der Waals surface area (Å²) in [6.07, 6.45) is 6.98. The van der Waals surface area contributed by atoms with Crippen LogP contribution in [-0.2, 0) is 0 Å². The third-order valence-electron chi connectivity index (χ3n) is 4.44. The van der Waals surface area contributed by atoms with Gasteiger partial charge in [0.15, 0.2) is 0 Å². The Hall–Kier alpha value is -0.0800. The molecule has 2 fully saturated rings. The molecule has 15 heavy (non-hydrogen) atoms. The van der Waals surface area contributed by atoms with Crippen LogP contribution in [0.1, 0.15) is 46.0 Å². The van der Waals surface area contributed by atoms with Gasteiger partial charge in [0.25, 0.3) is 0 Å². The van der Waals surface area contributed by atoms with Crippen molar-refractivity contribution in [3.8, 4) is 0 Å². The molecule has 1 aliphatic carbocycles. The van der Waals surface area contributed by atoms with Gasteiger partial charge < -0.3 is 10.6 Å².